The smallest absolute Gasteiger partial charge is 0.335 e. The molecule has 0 bridgehead atoms. The third-order valence-electron chi connectivity index (χ3n) is 5.92. The topological polar surface area (TPSA) is 87.2 Å². The fraction of sp³-hybridized carbons (Fsp3) is 0.160. The molecule has 32 heavy (non-hydrogen) atoms. The Morgan fingerprint density at radius 3 is 2.12 bits per heavy atom. The summed E-state index contributed by atoms with van der Waals surface area (Å²) in [5.41, 5.74) is 3.08. The first-order valence-corrected chi connectivity index (χ1v) is 10.2. The molecule has 2 fully saturated rings. The predicted molar refractivity (Wildman–Crippen MR) is 117 cm³/mol. The van der Waals surface area contributed by atoms with Crippen LogP contribution in [0.15, 0.2) is 78.9 Å². The highest BCUT2D eigenvalue weighted by atomic mass is 16.7. The molecule has 3 aromatic carbocycles. The third-order valence-corrected chi connectivity index (χ3v) is 5.92. The minimum Gasteiger partial charge on any atom is -0.478 e. The highest BCUT2D eigenvalue weighted by molar-refractivity contribution is 6.23. The molecule has 2 amide bonds. The molecule has 2 aliphatic heterocycles. The second-order valence-electron chi connectivity index (χ2n) is 7.93. The number of benzene rings is 3. The maximum Gasteiger partial charge on any atom is 0.335 e. The standard InChI is InChI=1S/C25H20N2O5/c1-15-7-13-18(14-8-15)26-23(28)20-21(16-9-11-17(12-10-16)25(30)31)27(32-22(20)24(26)29)19-5-3-2-4-6-19/h2-14,20-22H,1H3,(H,30,31)/t20-,21+,22+/m1/s1. The Bertz CT molecular complexity index is 1190. The number of carbonyl (C=O) groups excluding carboxylic acids is 2. The number of fused-ring (bicyclic) bond motifs is 1. The minimum absolute atomic E-state index is 0.144. The molecule has 2 heterocycles. The van der Waals surface area contributed by atoms with Crippen LogP contribution in [0.5, 0.6) is 0 Å². The number of hydrogen-bond donors (Lipinski definition) is 1. The molecule has 0 aromatic heterocycles. The second-order valence-corrected chi connectivity index (χ2v) is 7.93. The number of nitrogens with zero attached hydrogens (tertiary/aromatic N) is 2. The van der Waals surface area contributed by atoms with Gasteiger partial charge in [-0.15, -0.1) is 0 Å². The Morgan fingerprint density at radius 2 is 1.50 bits per heavy atom. The zero-order valence-electron chi connectivity index (χ0n) is 17.2. The summed E-state index contributed by atoms with van der Waals surface area (Å²) < 4.78 is 0. The van der Waals surface area contributed by atoms with E-state index in [0.29, 0.717) is 16.9 Å². The molecule has 2 saturated heterocycles. The van der Waals surface area contributed by atoms with E-state index in [9.17, 15) is 19.5 Å². The molecular formula is C25H20N2O5. The number of carbonyl (C=O) groups is 3. The summed E-state index contributed by atoms with van der Waals surface area (Å²) in [7, 11) is 0. The molecule has 160 valence electrons. The minimum atomic E-state index is -1.03. The number of imide groups is 1. The number of aryl methyl sites for hydroxylation is 1. The Labute approximate surface area is 184 Å². The molecule has 0 spiro atoms. The summed E-state index contributed by atoms with van der Waals surface area (Å²) in [6.07, 6.45) is -0.965. The van der Waals surface area contributed by atoms with Crippen LogP contribution in [0.25, 0.3) is 0 Å². The maximum atomic E-state index is 13.5. The van der Waals surface area contributed by atoms with Gasteiger partial charge in [0.1, 0.15) is 5.92 Å². The first-order valence-electron chi connectivity index (χ1n) is 10.2. The van der Waals surface area contributed by atoms with Gasteiger partial charge >= 0.3 is 5.97 Å². The molecule has 3 atom stereocenters. The lowest BCUT2D eigenvalue weighted by molar-refractivity contribution is -0.126. The van der Waals surface area contributed by atoms with Gasteiger partial charge in [-0.2, -0.15) is 0 Å². The highest BCUT2D eigenvalue weighted by Gasteiger charge is 2.60. The van der Waals surface area contributed by atoms with Crippen molar-refractivity contribution in [3.63, 3.8) is 0 Å². The van der Waals surface area contributed by atoms with Gasteiger partial charge in [0, 0.05) is 0 Å². The Balaban J connectivity index is 1.57. The predicted octanol–water partition coefficient (Wildman–Crippen LogP) is 3.74. The van der Waals surface area contributed by atoms with Gasteiger partial charge in [0.05, 0.1) is 23.0 Å². The van der Waals surface area contributed by atoms with Crippen molar-refractivity contribution in [3.05, 3.63) is 95.6 Å². The second kappa shape index (κ2) is 7.62. The van der Waals surface area contributed by atoms with Crippen molar-refractivity contribution >= 4 is 29.2 Å². The molecule has 0 aliphatic carbocycles. The molecule has 7 nitrogen and oxygen atoms in total. The van der Waals surface area contributed by atoms with Crippen LogP contribution >= 0.6 is 0 Å². The Morgan fingerprint density at radius 1 is 0.844 bits per heavy atom. The van der Waals surface area contributed by atoms with Crippen molar-refractivity contribution in [1.82, 2.24) is 0 Å². The van der Waals surface area contributed by atoms with Crippen LogP contribution < -0.4 is 9.96 Å². The van der Waals surface area contributed by atoms with Crippen LogP contribution in [0.2, 0.25) is 0 Å². The molecular weight excluding hydrogens is 408 g/mol. The third kappa shape index (κ3) is 3.14. The van der Waals surface area contributed by atoms with Crippen LogP contribution in [-0.4, -0.2) is 29.0 Å². The number of hydroxylamine groups is 1. The van der Waals surface area contributed by atoms with Gasteiger partial charge in [-0.05, 0) is 48.9 Å². The molecule has 2 aliphatic rings. The van der Waals surface area contributed by atoms with Crippen LogP contribution in [0.1, 0.15) is 27.5 Å². The van der Waals surface area contributed by atoms with Crippen molar-refractivity contribution < 1.29 is 24.3 Å². The van der Waals surface area contributed by atoms with Crippen LogP contribution in [0, 0.1) is 12.8 Å². The monoisotopic (exact) mass is 428 g/mol. The van der Waals surface area contributed by atoms with Crippen molar-refractivity contribution in [2.45, 2.75) is 19.1 Å². The largest absolute Gasteiger partial charge is 0.478 e. The molecule has 3 aromatic rings. The van der Waals surface area contributed by atoms with Crippen molar-refractivity contribution in [2.75, 3.05) is 9.96 Å². The zero-order chi connectivity index (χ0) is 22.4. The number of amides is 2. The van der Waals surface area contributed by atoms with Crippen molar-refractivity contribution in [1.29, 1.82) is 0 Å². The van der Waals surface area contributed by atoms with Gasteiger partial charge in [-0.25, -0.2) is 14.8 Å². The van der Waals surface area contributed by atoms with E-state index in [0.717, 1.165) is 5.56 Å². The van der Waals surface area contributed by atoms with E-state index in [-0.39, 0.29) is 11.5 Å². The van der Waals surface area contributed by atoms with Gasteiger partial charge in [-0.1, -0.05) is 48.0 Å². The Kier molecular flexibility index (Phi) is 4.75. The maximum absolute atomic E-state index is 13.5. The van der Waals surface area contributed by atoms with E-state index in [4.69, 9.17) is 4.84 Å². The van der Waals surface area contributed by atoms with Crippen LogP contribution in [0.4, 0.5) is 11.4 Å². The van der Waals surface area contributed by atoms with Crippen molar-refractivity contribution in [3.8, 4) is 0 Å². The number of aromatic carboxylic acids is 1. The quantitative estimate of drug-likeness (QED) is 0.637. The molecule has 0 unspecified atom stereocenters. The number of hydrogen-bond acceptors (Lipinski definition) is 5. The first kappa shape index (κ1) is 20.0. The van der Waals surface area contributed by atoms with Crippen LogP contribution in [-0.2, 0) is 14.4 Å². The molecule has 0 saturated carbocycles. The van der Waals surface area contributed by atoms with E-state index < -0.39 is 29.9 Å². The average molecular weight is 428 g/mol. The summed E-state index contributed by atoms with van der Waals surface area (Å²) in [6, 6.07) is 22.2. The number of rotatable bonds is 4. The summed E-state index contributed by atoms with van der Waals surface area (Å²) >= 11 is 0. The lowest BCUT2D eigenvalue weighted by Crippen LogP contribution is -2.37. The fourth-order valence-corrected chi connectivity index (χ4v) is 4.32. The lowest BCUT2D eigenvalue weighted by Gasteiger charge is -2.28. The SMILES string of the molecule is Cc1ccc(N2C(=O)[C@H]3[C@H](ON(c4ccccc4)[C@H]3c3ccc(C(=O)O)cc3)C2=O)cc1. The molecule has 0 radical (unpaired) electrons. The van der Waals surface area contributed by atoms with Gasteiger partial charge < -0.3 is 5.11 Å². The number of anilines is 2. The fourth-order valence-electron chi connectivity index (χ4n) is 4.32. The average Bonchev–Trinajstić information content (AvgIpc) is 3.31. The van der Waals surface area contributed by atoms with E-state index in [1.54, 1.807) is 29.3 Å². The lowest BCUT2D eigenvalue weighted by atomic mass is 9.90. The van der Waals surface area contributed by atoms with Crippen molar-refractivity contribution in [2.24, 2.45) is 5.92 Å². The van der Waals surface area contributed by atoms with Gasteiger partial charge in [0.25, 0.3) is 5.91 Å². The van der Waals surface area contributed by atoms with Gasteiger partial charge in [0.15, 0.2) is 6.10 Å². The Hall–Kier alpha value is -3.97. The van der Waals surface area contributed by atoms with E-state index in [1.807, 2.05) is 49.4 Å². The summed E-state index contributed by atoms with van der Waals surface area (Å²) in [5.74, 6) is -2.54. The summed E-state index contributed by atoms with van der Waals surface area (Å²) in [6.45, 7) is 1.93. The van der Waals surface area contributed by atoms with E-state index >= 15 is 0 Å². The zero-order valence-corrected chi connectivity index (χ0v) is 17.2. The van der Waals surface area contributed by atoms with E-state index in [2.05, 4.69) is 0 Å². The number of para-hydroxylation sites is 1. The number of carboxylic acids is 1. The molecule has 5 rings (SSSR count). The van der Waals surface area contributed by atoms with Gasteiger partial charge in [0.2, 0.25) is 5.91 Å². The van der Waals surface area contributed by atoms with Gasteiger partial charge in [-0.3, -0.25) is 14.4 Å². The molecule has 1 N–H and O–H groups in total. The first-order chi connectivity index (χ1) is 15.5. The van der Waals surface area contributed by atoms with E-state index in [1.165, 1.54) is 17.0 Å². The van der Waals surface area contributed by atoms with Crippen LogP contribution in [0.3, 0.4) is 0 Å². The summed E-state index contributed by atoms with van der Waals surface area (Å²) in [4.78, 5) is 45.3. The number of carboxylic acid groups (broad SMARTS) is 1. The molecule has 7 heteroatoms. The summed E-state index contributed by atoms with van der Waals surface area (Å²) in [5, 5.41) is 10.8. The highest BCUT2D eigenvalue weighted by Crippen LogP contribution is 2.47. The normalized spacial score (nSPS) is 22.3.